The van der Waals surface area contributed by atoms with Crippen molar-refractivity contribution >= 4 is 11.7 Å². The molecule has 0 radical (unpaired) electrons. The maximum Gasteiger partial charge on any atom is 0.251 e. The van der Waals surface area contributed by atoms with Crippen molar-refractivity contribution in [2.75, 3.05) is 13.2 Å². The molecule has 1 fully saturated rings. The first kappa shape index (κ1) is 13.8. The third-order valence-corrected chi connectivity index (χ3v) is 3.19. The second-order valence-corrected chi connectivity index (χ2v) is 5.23. The van der Waals surface area contributed by atoms with E-state index in [4.69, 9.17) is 15.7 Å². The molecule has 6 nitrogen and oxygen atoms in total. The first-order valence-corrected chi connectivity index (χ1v) is 5.72. The molecule has 1 rings (SSSR count). The quantitative estimate of drug-likeness (QED) is 0.289. The number of oxime groups is 1. The Morgan fingerprint density at radius 1 is 1.65 bits per heavy atom. The lowest BCUT2D eigenvalue weighted by Gasteiger charge is -2.27. The van der Waals surface area contributed by atoms with Gasteiger partial charge in [0.25, 0.3) is 5.91 Å². The van der Waals surface area contributed by atoms with Gasteiger partial charge >= 0.3 is 0 Å². The highest BCUT2D eigenvalue weighted by Gasteiger charge is 2.38. The van der Waals surface area contributed by atoms with Gasteiger partial charge in [-0.3, -0.25) is 4.79 Å². The highest BCUT2D eigenvalue weighted by atomic mass is 16.5. The minimum Gasteiger partial charge on any atom is -0.409 e. The first-order valence-electron chi connectivity index (χ1n) is 5.72. The standard InChI is InChI=1S/C11H21N3O3/c1-10(2,8(12)14-16)7-13-9(15)11(3)5-4-6-17-11/h16H,4-7H2,1-3H3,(H2,12,14)(H,13,15). The van der Waals surface area contributed by atoms with E-state index in [0.717, 1.165) is 12.8 Å². The monoisotopic (exact) mass is 243 g/mol. The summed E-state index contributed by atoms with van der Waals surface area (Å²) in [5.41, 5.74) is 4.22. The fourth-order valence-electron chi connectivity index (χ4n) is 1.67. The fraction of sp³-hybridized carbons (Fsp3) is 0.818. The maximum absolute atomic E-state index is 11.9. The van der Waals surface area contributed by atoms with Crippen LogP contribution < -0.4 is 11.1 Å². The molecule has 0 aliphatic carbocycles. The minimum absolute atomic E-state index is 0.0929. The van der Waals surface area contributed by atoms with Crippen molar-refractivity contribution in [3.05, 3.63) is 0 Å². The van der Waals surface area contributed by atoms with Gasteiger partial charge < -0.3 is 21.0 Å². The van der Waals surface area contributed by atoms with E-state index in [1.807, 2.05) is 0 Å². The van der Waals surface area contributed by atoms with E-state index in [2.05, 4.69) is 10.5 Å². The third-order valence-electron chi connectivity index (χ3n) is 3.19. The van der Waals surface area contributed by atoms with Crippen LogP contribution in [-0.4, -0.2) is 35.7 Å². The fourth-order valence-corrected chi connectivity index (χ4v) is 1.67. The van der Waals surface area contributed by atoms with Crippen LogP contribution in [0.3, 0.4) is 0 Å². The van der Waals surface area contributed by atoms with Gasteiger partial charge in [0.2, 0.25) is 0 Å². The third kappa shape index (κ3) is 3.09. The average Bonchev–Trinajstić information content (AvgIpc) is 2.73. The van der Waals surface area contributed by atoms with Gasteiger partial charge in [-0.1, -0.05) is 19.0 Å². The molecule has 0 saturated carbocycles. The second kappa shape index (κ2) is 4.91. The van der Waals surface area contributed by atoms with Crippen molar-refractivity contribution in [3.8, 4) is 0 Å². The zero-order valence-electron chi connectivity index (χ0n) is 10.6. The largest absolute Gasteiger partial charge is 0.409 e. The van der Waals surface area contributed by atoms with Gasteiger partial charge in [0.1, 0.15) is 11.4 Å². The van der Waals surface area contributed by atoms with Crippen LogP contribution >= 0.6 is 0 Å². The summed E-state index contributed by atoms with van der Waals surface area (Å²) in [4.78, 5) is 11.9. The number of carbonyl (C=O) groups is 1. The Kier molecular flexibility index (Phi) is 3.98. The van der Waals surface area contributed by atoms with E-state index in [-0.39, 0.29) is 11.7 Å². The van der Waals surface area contributed by atoms with Gasteiger partial charge in [-0.2, -0.15) is 0 Å². The molecule has 6 heteroatoms. The van der Waals surface area contributed by atoms with E-state index in [0.29, 0.717) is 13.2 Å². The Labute approximate surface area is 101 Å². The summed E-state index contributed by atoms with van der Waals surface area (Å²) in [7, 11) is 0. The second-order valence-electron chi connectivity index (χ2n) is 5.23. The summed E-state index contributed by atoms with van der Waals surface area (Å²) in [6, 6.07) is 0. The number of hydrogen-bond donors (Lipinski definition) is 3. The Bertz CT molecular complexity index is 320. The van der Waals surface area contributed by atoms with E-state index < -0.39 is 11.0 Å². The van der Waals surface area contributed by atoms with Crippen LogP contribution in [0, 0.1) is 5.41 Å². The Morgan fingerprint density at radius 3 is 2.76 bits per heavy atom. The number of nitrogens with zero attached hydrogens (tertiary/aromatic N) is 1. The molecule has 0 aromatic carbocycles. The minimum atomic E-state index is -0.735. The van der Waals surface area contributed by atoms with E-state index in [1.165, 1.54) is 0 Å². The van der Waals surface area contributed by atoms with Crippen LogP contribution in [0.1, 0.15) is 33.6 Å². The smallest absolute Gasteiger partial charge is 0.251 e. The number of nitrogens with one attached hydrogen (secondary N) is 1. The number of carbonyl (C=O) groups excluding carboxylic acids is 1. The number of amides is 1. The molecule has 1 atom stereocenters. The molecule has 4 N–H and O–H groups in total. The molecule has 1 heterocycles. The van der Waals surface area contributed by atoms with Crippen molar-refractivity contribution < 1.29 is 14.7 Å². The topological polar surface area (TPSA) is 96.9 Å². The van der Waals surface area contributed by atoms with E-state index >= 15 is 0 Å². The van der Waals surface area contributed by atoms with Crippen molar-refractivity contribution in [3.63, 3.8) is 0 Å². The van der Waals surface area contributed by atoms with Crippen LogP contribution in [0.15, 0.2) is 5.16 Å². The molecule has 98 valence electrons. The molecule has 0 aromatic rings. The Morgan fingerprint density at radius 2 is 2.29 bits per heavy atom. The van der Waals surface area contributed by atoms with Crippen molar-refractivity contribution in [1.82, 2.24) is 5.32 Å². The van der Waals surface area contributed by atoms with Crippen molar-refractivity contribution in [2.45, 2.75) is 39.2 Å². The maximum atomic E-state index is 11.9. The first-order chi connectivity index (χ1) is 7.82. The molecule has 1 unspecified atom stereocenters. The highest BCUT2D eigenvalue weighted by molar-refractivity contribution is 5.88. The molecule has 1 saturated heterocycles. The lowest BCUT2D eigenvalue weighted by molar-refractivity contribution is -0.139. The summed E-state index contributed by atoms with van der Waals surface area (Å²) in [6.07, 6.45) is 1.62. The SMILES string of the molecule is CC(C)(CNC(=O)C1(C)CCCO1)C(N)=NO. The molecule has 1 amide bonds. The Hall–Kier alpha value is -1.30. The normalized spacial score (nSPS) is 25.9. The lowest BCUT2D eigenvalue weighted by atomic mass is 9.91. The predicted octanol–water partition coefficient (Wildman–Crippen LogP) is 0.444. The molecule has 1 aliphatic heterocycles. The van der Waals surface area contributed by atoms with Crippen LogP contribution in [0.25, 0.3) is 0 Å². The Balaban J connectivity index is 2.53. The van der Waals surface area contributed by atoms with Gasteiger partial charge in [-0.05, 0) is 19.8 Å². The molecular weight excluding hydrogens is 222 g/mol. The molecule has 0 bridgehead atoms. The average molecular weight is 243 g/mol. The predicted molar refractivity (Wildman–Crippen MR) is 63.8 cm³/mol. The van der Waals surface area contributed by atoms with Gasteiger partial charge in [0, 0.05) is 18.6 Å². The summed E-state index contributed by atoms with van der Waals surface area (Å²) < 4.78 is 5.43. The number of rotatable bonds is 4. The van der Waals surface area contributed by atoms with Crippen molar-refractivity contribution in [2.24, 2.45) is 16.3 Å². The summed E-state index contributed by atoms with van der Waals surface area (Å²) >= 11 is 0. The van der Waals surface area contributed by atoms with Gasteiger partial charge in [-0.15, -0.1) is 0 Å². The number of nitrogens with two attached hydrogens (primary N) is 1. The number of hydrogen-bond acceptors (Lipinski definition) is 4. The van der Waals surface area contributed by atoms with Crippen LogP contribution in [0.4, 0.5) is 0 Å². The summed E-state index contributed by atoms with van der Waals surface area (Å²) in [5.74, 6) is -0.0518. The van der Waals surface area contributed by atoms with Crippen LogP contribution in [0.5, 0.6) is 0 Å². The zero-order valence-corrected chi connectivity index (χ0v) is 10.6. The van der Waals surface area contributed by atoms with E-state index in [9.17, 15) is 4.79 Å². The van der Waals surface area contributed by atoms with E-state index in [1.54, 1.807) is 20.8 Å². The van der Waals surface area contributed by atoms with Gasteiger partial charge in [0.15, 0.2) is 0 Å². The van der Waals surface area contributed by atoms with Gasteiger partial charge in [-0.25, -0.2) is 0 Å². The molecule has 1 aliphatic rings. The number of amidine groups is 1. The highest BCUT2D eigenvalue weighted by Crippen LogP contribution is 2.25. The molecular formula is C11H21N3O3. The zero-order chi connectivity index (χ0) is 13.1. The lowest BCUT2D eigenvalue weighted by Crippen LogP contribution is -2.49. The summed E-state index contributed by atoms with van der Waals surface area (Å²) in [5, 5.41) is 14.4. The molecule has 17 heavy (non-hydrogen) atoms. The summed E-state index contributed by atoms with van der Waals surface area (Å²) in [6.45, 7) is 6.29. The van der Waals surface area contributed by atoms with Crippen molar-refractivity contribution in [1.29, 1.82) is 0 Å². The molecule has 0 spiro atoms. The molecule has 0 aromatic heterocycles. The van der Waals surface area contributed by atoms with Gasteiger partial charge in [0.05, 0.1) is 0 Å². The number of ether oxygens (including phenoxy) is 1. The van der Waals surface area contributed by atoms with Crippen LogP contribution in [0.2, 0.25) is 0 Å². The van der Waals surface area contributed by atoms with Crippen LogP contribution in [-0.2, 0) is 9.53 Å².